The fourth-order valence-electron chi connectivity index (χ4n) is 1.76. The van der Waals surface area contributed by atoms with Gasteiger partial charge in [0, 0.05) is 4.47 Å². The topological polar surface area (TPSA) is 101 Å². The molecule has 0 aliphatic carbocycles. The number of aromatic nitrogens is 2. The van der Waals surface area contributed by atoms with E-state index in [9.17, 15) is 8.42 Å². The van der Waals surface area contributed by atoms with Gasteiger partial charge in [-0.3, -0.25) is 9.82 Å². The summed E-state index contributed by atoms with van der Waals surface area (Å²) in [7, 11) is -3.71. The molecule has 0 spiro atoms. The Hall–Kier alpha value is -1.54. The summed E-state index contributed by atoms with van der Waals surface area (Å²) in [6, 6.07) is 4.94. The first-order valence-electron chi connectivity index (χ1n) is 5.40. The van der Waals surface area contributed by atoms with E-state index in [1.807, 2.05) is 0 Å². The third-order valence-electron chi connectivity index (χ3n) is 2.59. The van der Waals surface area contributed by atoms with Crippen LogP contribution in [0.1, 0.15) is 11.4 Å². The van der Waals surface area contributed by atoms with Gasteiger partial charge in [0.2, 0.25) is 0 Å². The van der Waals surface area contributed by atoms with Crippen LogP contribution in [-0.4, -0.2) is 18.6 Å². The standard InChI is InChI=1S/C11H13BrN4O2S/c1-6-11(7(2)15-14-6)19(17,18)16-10-4-3-8(12)5-9(10)13/h3-5,16H,13H2,1-2H3,(H,14,15). The molecule has 2 aromatic rings. The smallest absolute Gasteiger partial charge is 0.265 e. The van der Waals surface area contributed by atoms with Crippen molar-refractivity contribution in [3.05, 3.63) is 34.1 Å². The van der Waals surface area contributed by atoms with Crippen molar-refractivity contribution in [2.24, 2.45) is 0 Å². The maximum Gasteiger partial charge on any atom is 0.265 e. The third-order valence-corrected chi connectivity index (χ3v) is 4.71. The summed E-state index contributed by atoms with van der Waals surface area (Å²) in [5.74, 6) is 0. The maximum atomic E-state index is 12.3. The first-order chi connectivity index (χ1) is 8.81. The first kappa shape index (κ1) is 13.9. The number of nitrogens with one attached hydrogen (secondary N) is 2. The van der Waals surface area contributed by atoms with Gasteiger partial charge >= 0.3 is 0 Å². The summed E-state index contributed by atoms with van der Waals surface area (Å²) in [6.45, 7) is 3.28. The number of halogens is 1. The highest BCUT2D eigenvalue weighted by Crippen LogP contribution is 2.27. The molecule has 19 heavy (non-hydrogen) atoms. The van der Waals surface area contributed by atoms with Gasteiger partial charge in [0.15, 0.2) is 0 Å². The van der Waals surface area contributed by atoms with Crippen molar-refractivity contribution in [3.8, 4) is 0 Å². The van der Waals surface area contributed by atoms with Gasteiger partial charge in [-0.1, -0.05) is 15.9 Å². The number of hydrogen-bond acceptors (Lipinski definition) is 4. The van der Waals surface area contributed by atoms with Crippen LogP contribution in [0.5, 0.6) is 0 Å². The van der Waals surface area contributed by atoms with Crippen molar-refractivity contribution in [2.75, 3.05) is 10.5 Å². The molecule has 0 amide bonds. The largest absolute Gasteiger partial charge is 0.397 e. The molecule has 0 radical (unpaired) electrons. The number of aromatic amines is 1. The Morgan fingerprint density at radius 1 is 1.37 bits per heavy atom. The average Bonchev–Trinajstić information content (AvgIpc) is 2.63. The van der Waals surface area contributed by atoms with Gasteiger partial charge in [-0.2, -0.15) is 5.10 Å². The summed E-state index contributed by atoms with van der Waals surface area (Å²) in [4.78, 5) is 0.148. The lowest BCUT2D eigenvalue weighted by atomic mass is 10.3. The maximum absolute atomic E-state index is 12.3. The molecule has 0 bridgehead atoms. The second kappa shape index (κ2) is 4.86. The molecule has 1 aromatic carbocycles. The number of benzene rings is 1. The van der Waals surface area contributed by atoms with Gasteiger partial charge < -0.3 is 5.73 Å². The summed E-state index contributed by atoms with van der Waals surface area (Å²) in [5, 5.41) is 6.52. The van der Waals surface area contributed by atoms with Gasteiger partial charge in [0.25, 0.3) is 10.0 Å². The van der Waals surface area contributed by atoms with Crippen LogP contribution in [-0.2, 0) is 10.0 Å². The van der Waals surface area contributed by atoms with Crippen LogP contribution in [0.2, 0.25) is 0 Å². The number of hydrogen-bond donors (Lipinski definition) is 3. The molecule has 1 heterocycles. The quantitative estimate of drug-likeness (QED) is 0.742. The second-order valence-electron chi connectivity index (χ2n) is 4.10. The summed E-state index contributed by atoms with van der Waals surface area (Å²) >= 11 is 3.27. The van der Waals surface area contributed by atoms with E-state index in [2.05, 4.69) is 30.8 Å². The molecule has 1 aromatic heterocycles. The summed E-state index contributed by atoms with van der Waals surface area (Å²) in [6.07, 6.45) is 0. The predicted molar refractivity (Wildman–Crippen MR) is 77.4 cm³/mol. The van der Waals surface area contributed by atoms with Crippen LogP contribution in [0, 0.1) is 13.8 Å². The van der Waals surface area contributed by atoms with E-state index in [4.69, 9.17) is 5.73 Å². The summed E-state index contributed by atoms with van der Waals surface area (Å²) in [5.41, 5.74) is 7.36. The highest BCUT2D eigenvalue weighted by Gasteiger charge is 2.22. The molecule has 102 valence electrons. The van der Waals surface area contributed by atoms with Crippen LogP contribution < -0.4 is 10.5 Å². The van der Waals surface area contributed by atoms with E-state index in [-0.39, 0.29) is 4.90 Å². The van der Waals surface area contributed by atoms with Crippen molar-refractivity contribution >= 4 is 37.3 Å². The second-order valence-corrected chi connectivity index (χ2v) is 6.64. The highest BCUT2D eigenvalue weighted by molar-refractivity contribution is 9.10. The zero-order valence-corrected chi connectivity index (χ0v) is 12.8. The van der Waals surface area contributed by atoms with E-state index in [0.717, 1.165) is 4.47 Å². The predicted octanol–water partition coefficient (Wildman–Crippen LogP) is 2.17. The van der Waals surface area contributed by atoms with Gasteiger partial charge in [-0.25, -0.2) is 8.42 Å². The van der Waals surface area contributed by atoms with Crippen LogP contribution in [0.15, 0.2) is 27.6 Å². The van der Waals surface area contributed by atoms with Gasteiger partial charge in [-0.05, 0) is 32.0 Å². The first-order valence-corrected chi connectivity index (χ1v) is 7.68. The van der Waals surface area contributed by atoms with Gasteiger partial charge in [-0.15, -0.1) is 0 Å². The molecule has 6 nitrogen and oxygen atoms in total. The Kier molecular flexibility index (Phi) is 3.55. The molecule has 0 atom stereocenters. The number of nitrogens with zero attached hydrogens (tertiary/aromatic N) is 1. The number of sulfonamides is 1. The molecule has 0 saturated carbocycles. The molecule has 0 fully saturated rings. The van der Waals surface area contributed by atoms with Crippen molar-refractivity contribution in [1.29, 1.82) is 0 Å². The lowest BCUT2D eigenvalue weighted by molar-refractivity contribution is 0.600. The molecule has 0 unspecified atom stereocenters. The highest BCUT2D eigenvalue weighted by atomic mass is 79.9. The zero-order valence-electron chi connectivity index (χ0n) is 10.4. The Morgan fingerprint density at radius 2 is 2.05 bits per heavy atom. The molecule has 4 N–H and O–H groups in total. The van der Waals surface area contributed by atoms with Crippen LogP contribution in [0.25, 0.3) is 0 Å². The lowest BCUT2D eigenvalue weighted by Crippen LogP contribution is -2.15. The number of nitrogen functional groups attached to an aromatic ring is 1. The number of nitrogens with two attached hydrogens (primary N) is 1. The number of anilines is 2. The number of aryl methyl sites for hydroxylation is 2. The van der Waals surface area contributed by atoms with Gasteiger partial charge in [0.1, 0.15) is 4.90 Å². The van der Waals surface area contributed by atoms with E-state index in [1.54, 1.807) is 32.0 Å². The van der Waals surface area contributed by atoms with E-state index in [1.165, 1.54) is 0 Å². The Morgan fingerprint density at radius 3 is 2.58 bits per heavy atom. The monoisotopic (exact) mass is 344 g/mol. The number of rotatable bonds is 3. The average molecular weight is 345 g/mol. The minimum absolute atomic E-state index is 0.148. The Bertz CT molecular complexity index is 705. The fraction of sp³-hybridized carbons (Fsp3) is 0.182. The van der Waals surface area contributed by atoms with Crippen LogP contribution in [0.4, 0.5) is 11.4 Å². The van der Waals surface area contributed by atoms with Gasteiger partial charge in [0.05, 0.1) is 22.8 Å². The number of H-pyrrole nitrogens is 1. The van der Waals surface area contributed by atoms with Crippen molar-refractivity contribution in [2.45, 2.75) is 18.7 Å². The van der Waals surface area contributed by atoms with E-state index < -0.39 is 10.0 Å². The van der Waals surface area contributed by atoms with Crippen molar-refractivity contribution in [3.63, 3.8) is 0 Å². The zero-order chi connectivity index (χ0) is 14.2. The van der Waals surface area contributed by atoms with Crippen LogP contribution in [0.3, 0.4) is 0 Å². The Balaban J connectivity index is 2.42. The van der Waals surface area contributed by atoms with Crippen LogP contribution >= 0.6 is 15.9 Å². The molecular formula is C11H13BrN4O2S. The molecule has 0 aliphatic rings. The molecule has 8 heteroatoms. The lowest BCUT2D eigenvalue weighted by Gasteiger charge is -2.10. The molecular weight excluding hydrogens is 332 g/mol. The normalized spacial score (nSPS) is 11.5. The third kappa shape index (κ3) is 2.74. The Labute approximate surface area is 119 Å². The van der Waals surface area contributed by atoms with E-state index in [0.29, 0.717) is 22.8 Å². The van der Waals surface area contributed by atoms with Crippen molar-refractivity contribution < 1.29 is 8.42 Å². The minimum atomic E-state index is -3.71. The van der Waals surface area contributed by atoms with Crippen molar-refractivity contribution in [1.82, 2.24) is 10.2 Å². The molecule has 0 aliphatic heterocycles. The minimum Gasteiger partial charge on any atom is -0.397 e. The molecule has 0 saturated heterocycles. The van der Waals surface area contributed by atoms with E-state index >= 15 is 0 Å². The fourth-order valence-corrected chi connectivity index (χ4v) is 3.60. The molecule has 2 rings (SSSR count). The SMILES string of the molecule is Cc1n[nH]c(C)c1S(=O)(=O)Nc1ccc(Br)cc1N. The summed E-state index contributed by atoms with van der Waals surface area (Å²) < 4.78 is 27.9.